The van der Waals surface area contributed by atoms with E-state index in [1.165, 1.54) is 0 Å². The number of hydrogen-bond acceptors (Lipinski definition) is 12. The summed E-state index contributed by atoms with van der Waals surface area (Å²) in [5.74, 6) is -1.09. The molecule has 0 aromatic carbocycles. The van der Waals surface area contributed by atoms with Crippen LogP contribution < -0.4 is 10.3 Å². The summed E-state index contributed by atoms with van der Waals surface area (Å²) in [6, 6.07) is 0.152. The van der Waals surface area contributed by atoms with Gasteiger partial charge in [0.05, 0.1) is 5.75 Å². The van der Waals surface area contributed by atoms with E-state index in [2.05, 4.69) is 27.1 Å². The lowest BCUT2D eigenvalue weighted by Crippen LogP contribution is -2.44. The van der Waals surface area contributed by atoms with Gasteiger partial charge < -0.3 is 35.2 Å². The highest BCUT2D eigenvalue weighted by atomic mass is 35.5. The third-order valence-corrected chi connectivity index (χ3v) is 10.8. The van der Waals surface area contributed by atoms with Crippen molar-refractivity contribution in [3.8, 4) is 0 Å². The van der Waals surface area contributed by atoms with E-state index in [0.717, 1.165) is 30.7 Å². The number of aliphatic hydroxyl groups is 3. The molecule has 1 saturated heterocycles. The summed E-state index contributed by atoms with van der Waals surface area (Å²) in [6.45, 7) is 2.98. The molecule has 0 amide bonds. The number of hydrogen-bond donors (Lipinski definition) is 6. The first-order valence-corrected chi connectivity index (χ1v) is 14.5. The molecule has 6 N–H and O–H groups in total. The van der Waals surface area contributed by atoms with Gasteiger partial charge in [0.1, 0.15) is 30.7 Å². The van der Waals surface area contributed by atoms with Crippen LogP contribution in [0.1, 0.15) is 31.2 Å². The van der Waals surface area contributed by atoms with Crippen molar-refractivity contribution in [3.63, 3.8) is 0 Å². The van der Waals surface area contributed by atoms with Crippen LogP contribution in [0, 0.1) is 6.92 Å². The molecule has 2 heterocycles. The Morgan fingerprint density at radius 1 is 1.31 bits per heavy atom. The lowest BCUT2D eigenvalue weighted by molar-refractivity contribution is 0.0150. The molecule has 0 spiro atoms. The van der Waals surface area contributed by atoms with Gasteiger partial charge >= 0.3 is 12.3 Å². The Morgan fingerprint density at radius 2 is 1.92 bits per heavy atom. The van der Waals surface area contributed by atoms with Crippen molar-refractivity contribution < 1.29 is 47.2 Å². The Bertz CT molecular complexity index is 1140. The van der Waals surface area contributed by atoms with Gasteiger partial charge in [-0.2, -0.15) is 10.1 Å². The Kier molecular flexibility index (Phi) is 8.65. The quantitative estimate of drug-likeness (QED) is 0.0928. The van der Waals surface area contributed by atoms with Gasteiger partial charge in [0, 0.05) is 18.3 Å². The number of hydrazone groups is 1. The standard InChI is InChI=1S/C18H28ClFN5O9PS/c1-9-14(22-10-5-3-4-6-10)23-17(19)24-15(9)25(21-2)16-13(28)12(27)11(34-16)7-36(32,33)18(20,8-26)35(29,30)31/h10-13,16,26-28H,2-8H2,1H3,(H,22,23,24)(H2,29,30,31)/t11-,12-,13-,16-,18?/m1/s1. The van der Waals surface area contributed by atoms with Gasteiger partial charge in [-0.15, -0.1) is 0 Å². The number of aromatic nitrogens is 2. The molecule has 1 unspecified atom stereocenters. The highest BCUT2D eigenvalue weighted by Crippen LogP contribution is 2.55. The molecule has 1 aromatic heterocycles. The molecule has 1 aromatic rings. The first-order valence-electron chi connectivity index (χ1n) is 10.8. The molecule has 2 fully saturated rings. The predicted molar refractivity (Wildman–Crippen MR) is 127 cm³/mol. The fraction of sp³-hybridized carbons (Fsp3) is 0.722. The summed E-state index contributed by atoms with van der Waals surface area (Å²) in [6.07, 6.45) is -3.32. The maximum Gasteiger partial charge on any atom is 0.380 e. The van der Waals surface area contributed by atoms with E-state index in [4.69, 9.17) is 31.2 Å². The van der Waals surface area contributed by atoms with Gasteiger partial charge in [-0.3, -0.25) is 4.57 Å². The van der Waals surface area contributed by atoms with Crippen LogP contribution in [0.5, 0.6) is 0 Å². The summed E-state index contributed by atoms with van der Waals surface area (Å²) in [7, 11) is -11.4. The van der Waals surface area contributed by atoms with E-state index < -0.39 is 59.1 Å². The molecule has 18 heteroatoms. The molecule has 2 aliphatic rings. The van der Waals surface area contributed by atoms with Crippen LogP contribution in [-0.4, -0.2) is 97.9 Å². The summed E-state index contributed by atoms with van der Waals surface area (Å²) < 4.78 is 52.2. The van der Waals surface area contributed by atoms with E-state index in [1.54, 1.807) is 6.92 Å². The Morgan fingerprint density at radius 3 is 2.44 bits per heavy atom. The number of nitrogens with one attached hydrogen (secondary N) is 1. The molecule has 36 heavy (non-hydrogen) atoms. The SMILES string of the molecule is C=NN(c1nc(Cl)nc(NC2CCCC2)c1C)[C@@H]1O[C@H](CS(=O)(=O)C(F)(CO)P(=O)(O)O)[C@@H](O)[C@H]1O. The Labute approximate surface area is 211 Å². The number of anilines is 2. The number of ether oxygens (including phenoxy) is 1. The van der Waals surface area contributed by atoms with Crippen molar-refractivity contribution >= 4 is 47.4 Å². The predicted octanol–water partition coefficient (Wildman–Crippen LogP) is -0.130. The summed E-state index contributed by atoms with van der Waals surface area (Å²) >= 11 is 6.08. The minimum atomic E-state index is -6.00. The molecule has 1 saturated carbocycles. The van der Waals surface area contributed by atoms with Crippen LogP contribution in [0.2, 0.25) is 5.28 Å². The van der Waals surface area contributed by atoms with E-state index in [0.29, 0.717) is 11.4 Å². The molecule has 0 radical (unpaired) electrons. The van der Waals surface area contributed by atoms with Crippen molar-refractivity contribution in [2.45, 2.75) is 67.9 Å². The lowest BCUT2D eigenvalue weighted by Gasteiger charge is -2.28. The topological polar surface area (TPSA) is 215 Å². The zero-order chi connectivity index (χ0) is 27.1. The van der Waals surface area contributed by atoms with Crippen LogP contribution >= 0.6 is 19.2 Å². The minimum absolute atomic E-state index is 0.00988. The number of alkyl halides is 1. The minimum Gasteiger partial charge on any atom is -0.391 e. The first kappa shape index (κ1) is 29.1. The highest BCUT2D eigenvalue weighted by Gasteiger charge is 2.61. The third kappa shape index (κ3) is 5.37. The monoisotopic (exact) mass is 575 g/mol. The average molecular weight is 576 g/mol. The third-order valence-electron chi connectivity index (χ3n) is 6.23. The molecular formula is C18H28ClFN5O9PS. The number of rotatable bonds is 10. The lowest BCUT2D eigenvalue weighted by atomic mass is 10.1. The maximum atomic E-state index is 14.7. The summed E-state index contributed by atoms with van der Waals surface area (Å²) in [4.78, 5) is 26.6. The molecule has 14 nitrogen and oxygen atoms in total. The molecule has 3 rings (SSSR count). The van der Waals surface area contributed by atoms with E-state index in [9.17, 15) is 27.6 Å². The Hall–Kier alpha value is -1.49. The molecule has 1 aliphatic carbocycles. The summed E-state index contributed by atoms with van der Waals surface area (Å²) in [5, 5.41) is 37.8. The van der Waals surface area contributed by atoms with Gasteiger partial charge in [-0.25, -0.2) is 22.8 Å². The fourth-order valence-electron chi connectivity index (χ4n) is 4.16. The van der Waals surface area contributed by atoms with Crippen molar-refractivity contribution in [1.29, 1.82) is 0 Å². The van der Waals surface area contributed by atoms with Crippen LogP contribution in [0.15, 0.2) is 5.10 Å². The average Bonchev–Trinajstić information content (AvgIpc) is 3.39. The fourth-order valence-corrected chi connectivity index (χ4v) is 7.34. The van der Waals surface area contributed by atoms with Gasteiger partial charge in [-0.1, -0.05) is 12.8 Å². The molecule has 5 atom stereocenters. The number of halogens is 2. The number of aliphatic hydroxyl groups excluding tert-OH is 3. The van der Waals surface area contributed by atoms with Gasteiger partial charge in [0.2, 0.25) is 15.1 Å². The zero-order valence-electron chi connectivity index (χ0n) is 19.1. The zero-order valence-corrected chi connectivity index (χ0v) is 21.6. The second-order valence-electron chi connectivity index (χ2n) is 8.62. The van der Waals surface area contributed by atoms with E-state index in [1.807, 2.05) is 0 Å². The van der Waals surface area contributed by atoms with Crippen LogP contribution in [0.4, 0.5) is 16.0 Å². The maximum absolute atomic E-state index is 14.7. The normalized spacial score (nSPS) is 27.1. The number of nitrogens with zero attached hydrogens (tertiary/aromatic N) is 4. The van der Waals surface area contributed by atoms with Gasteiger partial charge in [0.25, 0.3) is 0 Å². The molecular weight excluding hydrogens is 548 g/mol. The highest BCUT2D eigenvalue weighted by molar-refractivity contribution is 7.99. The molecule has 0 bridgehead atoms. The van der Waals surface area contributed by atoms with Gasteiger partial charge in [-0.05, 0) is 31.4 Å². The van der Waals surface area contributed by atoms with Crippen molar-refractivity contribution in [2.24, 2.45) is 5.10 Å². The molecule has 204 valence electrons. The van der Waals surface area contributed by atoms with Crippen LogP contribution in [0.3, 0.4) is 0 Å². The van der Waals surface area contributed by atoms with E-state index in [-0.39, 0.29) is 17.1 Å². The largest absolute Gasteiger partial charge is 0.391 e. The molecule has 1 aliphatic heterocycles. The van der Waals surface area contributed by atoms with Crippen LogP contribution in [0.25, 0.3) is 0 Å². The second-order valence-corrected chi connectivity index (χ2v) is 13.3. The second kappa shape index (κ2) is 10.7. The number of sulfone groups is 1. The van der Waals surface area contributed by atoms with Gasteiger partial charge in [0.15, 0.2) is 12.0 Å². The van der Waals surface area contributed by atoms with Crippen molar-refractivity contribution in [3.05, 3.63) is 10.8 Å². The smallest absolute Gasteiger partial charge is 0.380 e. The van der Waals surface area contributed by atoms with E-state index >= 15 is 0 Å². The first-order chi connectivity index (χ1) is 16.7. The Balaban J connectivity index is 1.89. The summed E-state index contributed by atoms with van der Waals surface area (Å²) in [5.41, 5.74) is 0.421. The van der Waals surface area contributed by atoms with Crippen molar-refractivity contribution in [1.82, 2.24) is 9.97 Å². The van der Waals surface area contributed by atoms with Crippen molar-refractivity contribution in [2.75, 3.05) is 22.7 Å². The van der Waals surface area contributed by atoms with Crippen LogP contribution in [-0.2, 0) is 19.1 Å².